The lowest BCUT2D eigenvalue weighted by atomic mass is 9.87. The molecule has 2 saturated carbocycles. The number of amides is 2. The van der Waals surface area contributed by atoms with Crippen molar-refractivity contribution in [3.63, 3.8) is 0 Å². The van der Waals surface area contributed by atoms with Crippen molar-refractivity contribution in [1.82, 2.24) is 10.6 Å². The van der Waals surface area contributed by atoms with Gasteiger partial charge in [0.1, 0.15) is 25.4 Å². The van der Waals surface area contributed by atoms with E-state index in [9.17, 15) is 19.2 Å². The summed E-state index contributed by atoms with van der Waals surface area (Å²) < 4.78 is 20.6. The third kappa shape index (κ3) is 9.20. The van der Waals surface area contributed by atoms with Gasteiger partial charge in [0.25, 0.3) is 0 Å². The van der Waals surface area contributed by atoms with Crippen LogP contribution in [0.2, 0.25) is 0 Å². The van der Waals surface area contributed by atoms with Crippen LogP contribution in [0.4, 0.5) is 9.59 Å². The number of nitrogens with one attached hydrogen (secondary N) is 2. The van der Waals surface area contributed by atoms with Gasteiger partial charge >= 0.3 is 24.1 Å². The Morgan fingerprint density at radius 3 is 2.22 bits per heavy atom. The highest BCUT2D eigenvalue weighted by Crippen LogP contribution is 2.53. The zero-order chi connectivity index (χ0) is 26.5. The Labute approximate surface area is 213 Å². The Kier molecular flexibility index (Phi) is 12.3. The Morgan fingerprint density at radius 1 is 0.889 bits per heavy atom. The number of rotatable bonds is 15. The molecule has 6 unspecified atom stereocenters. The van der Waals surface area contributed by atoms with E-state index in [2.05, 4.69) is 23.8 Å². The van der Waals surface area contributed by atoms with E-state index in [1.165, 1.54) is 6.42 Å². The highest BCUT2D eigenvalue weighted by molar-refractivity contribution is 5.81. The molecule has 202 valence electrons. The molecule has 0 spiro atoms. The Morgan fingerprint density at radius 2 is 1.56 bits per heavy atom. The quantitative estimate of drug-likeness (QED) is 0.195. The first-order valence-corrected chi connectivity index (χ1v) is 12.8. The summed E-state index contributed by atoms with van der Waals surface area (Å²) in [6.45, 7) is 11.4. The molecule has 2 N–H and O–H groups in total. The first-order valence-electron chi connectivity index (χ1n) is 12.8. The molecule has 2 bridgehead atoms. The molecule has 0 heterocycles. The molecule has 10 heteroatoms. The third-order valence-electron chi connectivity index (χ3n) is 7.11. The number of esters is 2. The predicted molar refractivity (Wildman–Crippen MR) is 132 cm³/mol. The summed E-state index contributed by atoms with van der Waals surface area (Å²) in [5, 5.41) is 5.66. The predicted octanol–water partition coefficient (Wildman–Crippen LogP) is 3.51. The van der Waals surface area contributed by atoms with Crippen LogP contribution in [0.15, 0.2) is 25.3 Å². The van der Waals surface area contributed by atoms with Gasteiger partial charge in [-0.2, -0.15) is 0 Å². The fourth-order valence-corrected chi connectivity index (χ4v) is 5.20. The van der Waals surface area contributed by atoms with Crippen LogP contribution in [0.25, 0.3) is 0 Å². The van der Waals surface area contributed by atoms with E-state index in [1.54, 1.807) is 0 Å². The lowest BCUT2D eigenvalue weighted by Crippen LogP contribution is -2.36. The third-order valence-corrected chi connectivity index (χ3v) is 7.11. The summed E-state index contributed by atoms with van der Waals surface area (Å²) in [5.41, 5.74) is 0. The molecule has 2 rings (SSSR count). The van der Waals surface area contributed by atoms with Crippen LogP contribution < -0.4 is 10.6 Å². The van der Waals surface area contributed by atoms with Gasteiger partial charge in [-0.25, -0.2) is 19.2 Å². The number of carbonyl (C=O) groups excluding carboxylic acids is 4. The van der Waals surface area contributed by atoms with Gasteiger partial charge in [-0.1, -0.05) is 27.0 Å². The standard InChI is InChI=1S/C26H40N2O8/c1-5-19(35-24(30)8-4)16-34-25(31)27-12-11-22-17-9-10-21(22)18(13-17)14-28-26(32)36-20(6-2)15-33-23(29)7-3/h7-8,17-22H,3-6,9-16H2,1-2H3,(H,27,31)(H,28,32). The second kappa shape index (κ2) is 15.2. The molecule has 0 aromatic rings. The molecular weight excluding hydrogens is 468 g/mol. The number of hydrogen-bond acceptors (Lipinski definition) is 8. The van der Waals surface area contributed by atoms with E-state index in [-0.39, 0.29) is 13.2 Å². The monoisotopic (exact) mass is 508 g/mol. The molecule has 0 radical (unpaired) electrons. The van der Waals surface area contributed by atoms with Gasteiger partial charge < -0.3 is 29.6 Å². The second-order valence-corrected chi connectivity index (χ2v) is 9.30. The van der Waals surface area contributed by atoms with Gasteiger partial charge in [0, 0.05) is 25.2 Å². The fraction of sp³-hybridized carbons (Fsp3) is 0.692. The van der Waals surface area contributed by atoms with Crippen molar-refractivity contribution < 1.29 is 38.1 Å². The highest BCUT2D eigenvalue weighted by Gasteiger charge is 2.47. The second-order valence-electron chi connectivity index (χ2n) is 9.30. The molecule has 6 atom stereocenters. The van der Waals surface area contributed by atoms with Crippen molar-refractivity contribution in [3.05, 3.63) is 25.3 Å². The van der Waals surface area contributed by atoms with Gasteiger partial charge in [0.2, 0.25) is 0 Å². The summed E-state index contributed by atoms with van der Waals surface area (Å²) in [7, 11) is 0. The largest absolute Gasteiger partial charge is 0.459 e. The van der Waals surface area contributed by atoms with Crippen molar-refractivity contribution in [2.75, 3.05) is 26.3 Å². The molecule has 0 aromatic heterocycles. The Hall–Kier alpha value is -3.04. The van der Waals surface area contributed by atoms with Crippen LogP contribution in [-0.4, -0.2) is 62.6 Å². The average molecular weight is 509 g/mol. The van der Waals surface area contributed by atoms with Crippen molar-refractivity contribution in [1.29, 1.82) is 0 Å². The van der Waals surface area contributed by atoms with Crippen LogP contribution in [-0.2, 0) is 28.5 Å². The molecule has 0 aliphatic heterocycles. The molecule has 36 heavy (non-hydrogen) atoms. The number of hydrogen-bond donors (Lipinski definition) is 2. The van der Waals surface area contributed by atoms with Gasteiger partial charge in [-0.05, 0) is 62.2 Å². The van der Waals surface area contributed by atoms with Crippen LogP contribution in [0.3, 0.4) is 0 Å². The summed E-state index contributed by atoms with van der Waals surface area (Å²) in [4.78, 5) is 46.8. The minimum absolute atomic E-state index is 0.000513. The molecule has 0 saturated heterocycles. The minimum atomic E-state index is -0.549. The molecule has 2 aliphatic rings. The molecule has 10 nitrogen and oxygen atoms in total. The van der Waals surface area contributed by atoms with Gasteiger partial charge in [-0.15, -0.1) is 0 Å². The van der Waals surface area contributed by atoms with Crippen molar-refractivity contribution in [3.8, 4) is 0 Å². The maximum Gasteiger partial charge on any atom is 0.407 e. The zero-order valence-corrected chi connectivity index (χ0v) is 21.4. The van der Waals surface area contributed by atoms with Crippen molar-refractivity contribution in [2.24, 2.45) is 23.7 Å². The van der Waals surface area contributed by atoms with Crippen molar-refractivity contribution in [2.45, 2.75) is 64.6 Å². The van der Waals surface area contributed by atoms with Gasteiger partial charge in [0.05, 0.1) is 0 Å². The van der Waals surface area contributed by atoms with E-state index in [0.29, 0.717) is 49.6 Å². The smallest absolute Gasteiger partial charge is 0.407 e. The first-order chi connectivity index (χ1) is 17.3. The van der Waals surface area contributed by atoms with Crippen LogP contribution in [0, 0.1) is 23.7 Å². The van der Waals surface area contributed by atoms with E-state index in [4.69, 9.17) is 18.9 Å². The molecule has 2 aliphatic carbocycles. The summed E-state index contributed by atoms with van der Waals surface area (Å²) in [5.74, 6) is 0.849. The number of alkyl carbamates (subject to hydrolysis) is 2. The summed E-state index contributed by atoms with van der Waals surface area (Å²) >= 11 is 0. The normalized spacial score (nSPS) is 23.6. The summed E-state index contributed by atoms with van der Waals surface area (Å²) in [6, 6.07) is 0. The van der Waals surface area contributed by atoms with Crippen LogP contribution in [0.5, 0.6) is 0 Å². The highest BCUT2D eigenvalue weighted by atomic mass is 16.6. The maximum absolute atomic E-state index is 12.2. The molecular formula is C26H40N2O8. The van der Waals surface area contributed by atoms with Gasteiger partial charge in [0.15, 0.2) is 0 Å². The lowest BCUT2D eigenvalue weighted by molar-refractivity contribution is -0.145. The average Bonchev–Trinajstić information content (AvgIpc) is 3.43. The molecule has 2 amide bonds. The molecule has 0 aromatic carbocycles. The maximum atomic E-state index is 12.2. The van der Waals surface area contributed by atoms with E-state index >= 15 is 0 Å². The number of ether oxygens (including phenoxy) is 4. The van der Waals surface area contributed by atoms with Crippen molar-refractivity contribution >= 4 is 24.1 Å². The van der Waals surface area contributed by atoms with Crippen LogP contribution in [0.1, 0.15) is 52.4 Å². The van der Waals surface area contributed by atoms with E-state index in [1.807, 2.05) is 13.8 Å². The SMILES string of the molecule is C=CC(=O)OCC(CC)OC(=O)NCC1CC2CCC1C2CCNC(=O)OCC(CC)OC(=O)C=C. The number of carbonyl (C=O) groups is 4. The summed E-state index contributed by atoms with van der Waals surface area (Å²) in [6.07, 6.45) is 5.34. The fourth-order valence-electron chi connectivity index (χ4n) is 5.20. The Balaban J connectivity index is 1.67. The number of fused-ring (bicyclic) bond motifs is 2. The van der Waals surface area contributed by atoms with E-state index in [0.717, 1.165) is 31.4 Å². The lowest BCUT2D eigenvalue weighted by Gasteiger charge is -2.23. The van der Waals surface area contributed by atoms with Gasteiger partial charge in [-0.3, -0.25) is 0 Å². The molecule has 2 fully saturated rings. The minimum Gasteiger partial charge on any atom is -0.459 e. The Bertz CT molecular complexity index is 786. The first kappa shape index (κ1) is 29.2. The van der Waals surface area contributed by atoms with Crippen LogP contribution >= 0.6 is 0 Å². The zero-order valence-electron chi connectivity index (χ0n) is 21.4. The van der Waals surface area contributed by atoms with E-state index < -0.39 is 36.3 Å². The topological polar surface area (TPSA) is 129 Å².